The van der Waals surface area contributed by atoms with E-state index in [-0.39, 0.29) is 13.0 Å². The lowest BCUT2D eigenvalue weighted by Gasteiger charge is -2.25. The first kappa shape index (κ1) is 25.3. The van der Waals surface area contributed by atoms with Gasteiger partial charge in [-0.15, -0.1) is 0 Å². The van der Waals surface area contributed by atoms with Gasteiger partial charge in [0, 0.05) is 5.56 Å². The maximum absolute atomic E-state index is 13.4. The summed E-state index contributed by atoms with van der Waals surface area (Å²) in [7, 11) is 0. The first-order chi connectivity index (χ1) is 17.2. The Morgan fingerprint density at radius 2 is 1.50 bits per heavy atom. The summed E-state index contributed by atoms with van der Waals surface area (Å²) in [4.78, 5) is 13.3. The minimum absolute atomic E-state index is 0.0229. The summed E-state index contributed by atoms with van der Waals surface area (Å²) < 4.78 is 52.3. The quantitative estimate of drug-likeness (QED) is 0.293. The molecule has 186 valence electrons. The zero-order valence-electron chi connectivity index (χ0n) is 19.0. The Hall–Kier alpha value is -3.75. The Labute approximate surface area is 204 Å². The van der Waals surface area contributed by atoms with Crippen molar-refractivity contribution in [2.75, 3.05) is 0 Å². The molecule has 3 N–H and O–H groups in total. The van der Waals surface area contributed by atoms with E-state index in [0.717, 1.165) is 12.1 Å². The predicted octanol–water partition coefficient (Wildman–Crippen LogP) is 5.56. The molecule has 4 rings (SSSR count). The van der Waals surface area contributed by atoms with Gasteiger partial charge in [0.2, 0.25) is 0 Å². The molecule has 0 radical (unpaired) electrons. The molecule has 0 heterocycles. The number of alkyl halides is 3. The van der Waals surface area contributed by atoms with Gasteiger partial charge in [0.1, 0.15) is 5.82 Å². The number of aliphatic hydroxyl groups is 2. The first-order valence-electron chi connectivity index (χ1n) is 11.2. The van der Waals surface area contributed by atoms with Gasteiger partial charge in [-0.1, -0.05) is 54.6 Å². The van der Waals surface area contributed by atoms with E-state index in [4.69, 9.17) is 0 Å². The number of halogens is 4. The van der Waals surface area contributed by atoms with E-state index >= 15 is 0 Å². The molecule has 0 aliphatic carbocycles. The number of hydrogen-bond acceptors (Lipinski definition) is 3. The number of benzene rings is 4. The monoisotopic (exact) mass is 497 g/mol. The van der Waals surface area contributed by atoms with Crippen LogP contribution in [0.1, 0.15) is 38.7 Å². The summed E-state index contributed by atoms with van der Waals surface area (Å²) in [6.07, 6.45) is -5.73. The third-order valence-electron chi connectivity index (χ3n) is 6.08. The minimum atomic E-state index is -4.48. The lowest BCUT2D eigenvalue weighted by atomic mass is 9.94. The number of carbonyl (C=O) groups excluding carboxylic acids is 1. The van der Waals surface area contributed by atoms with Gasteiger partial charge in [-0.25, -0.2) is 4.39 Å². The number of amides is 1. The second-order valence-corrected chi connectivity index (χ2v) is 8.45. The fourth-order valence-electron chi connectivity index (χ4n) is 4.16. The van der Waals surface area contributed by atoms with Crippen LogP contribution < -0.4 is 5.32 Å². The van der Waals surface area contributed by atoms with E-state index in [9.17, 15) is 32.6 Å². The summed E-state index contributed by atoms with van der Waals surface area (Å²) in [5, 5.41) is 24.8. The van der Waals surface area contributed by atoms with Crippen LogP contribution in [0.2, 0.25) is 0 Å². The molecule has 0 saturated heterocycles. The molecule has 36 heavy (non-hydrogen) atoms. The topological polar surface area (TPSA) is 69.6 Å². The number of carbonyl (C=O) groups is 1. The predicted molar refractivity (Wildman–Crippen MR) is 128 cm³/mol. The van der Waals surface area contributed by atoms with Crippen LogP contribution in [0, 0.1) is 5.82 Å². The molecule has 8 heteroatoms. The standard InChI is InChI=1S/C28H23F4NO3/c29-21-12-7-18(8-13-21)26(35)25(15-17-5-10-20(11-6-17)28(30,31)32)33-27(36)24-14-9-19(16-34)22-3-1-2-4-23(22)24/h1-14,25-26,34-35H,15-16H2,(H,33,36). The SMILES string of the molecule is O=C(NC(Cc1ccc(C(F)(F)F)cc1)C(O)c1ccc(F)cc1)c1ccc(CO)c2ccccc12. The summed E-state index contributed by atoms with van der Waals surface area (Å²) >= 11 is 0. The highest BCUT2D eigenvalue weighted by molar-refractivity contribution is 6.08. The average Bonchev–Trinajstić information content (AvgIpc) is 2.87. The molecule has 1 amide bonds. The number of aliphatic hydroxyl groups excluding tert-OH is 2. The van der Waals surface area contributed by atoms with E-state index in [1.807, 2.05) is 0 Å². The Bertz CT molecular complexity index is 1350. The number of fused-ring (bicyclic) bond motifs is 1. The van der Waals surface area contributed by atoms with Gasteiger partial charge in [0.15, 0.2) is 0 Å². The normalized spacial score (nSPS) is 13.4. The fraction of sp³-hybridized carbons (Fsp3) is 0.179. The van der Waals surface area contributed by atoms with Crippen molar-refractivity contribution in [3.8, 4) is 0 Å². The van der Waals surface area contributed by atoms with Crippen molar-refractivity contribution in [1.29, 1.82) is 0 Å². The summed E-state index contributed by atoms with van der Waals surface area (Å²) in [6.45, 7) is -0.206. The lowest BCUT2D eigenvalue weighted by molar-refractivity contribution is -0.137. The van der Waals surface area contributed by atoms with E-state index < -0.39 is 35.6 Å². The number of hydrogen-bond donors (Lipinski definition) is 3. The highest BCUT2D eigenvalue weighted by Crippen LogP contribution is 2.30. The minimum Gasteiger partial charge on any atom is -0.392 e. The van der Waals surface area contributed by atoms with E-state index in [1.165, 1.54) is 36.4 Å². The van der Waals surface area contributed by atoms with Gasteiger partial charge >= 0.3 is 6.18 Å². The molecule has 4 nitrogen and oxygen atoms in total. The summed E-state index contributed by atoms with van der Waals surface area (Å²) in [5.41, 5.74) is 0.965. The van der Waals surface area contributed by atoms with Crippen LogP contribution in [0.5, 0.6) is 0 Å². The van der Waals surface area contributed by atoms with Crippen LogP contribution in [0.25, 0.3) is 10.8 Å². The van der Waals surface area contributed by atoms with Crippen LogP contribution in [0.4, 0.5) is 17.6 Å². The highest BCUT2D eigenvalue weighted by Gasteiger charge is 2.30. The summed E-state index contributed by atoms with van der Waals surface area (Å²) in [5.74, 6) is -1.00. The molecule has 0 aliphatic heterocycles. The molecule has 0 aromatic heterocycles. The van der Waals surface area contributed by atoms with Crippen molar-refractivity contribution in [1.82, 2.24) is 5.32 Å². The Morgan fingerprint density at radius 3 is 2.11 bits per heavy atom. The van der Waals surface area contributed by atoms with Crippen molar-refractivity contribution in [2.24, 2.45) is 0 Å². The van der Waals surface area contributed by atoms with Crippen LogP contribution in [0.3, 0.4) is 0 Å². The van der Waals surface area contributed by atoms with Gasteiger partial charge < -0.3 is 15.5 Å². The smallest absolute Gasteiger partial charge is 0.392 e. The van der Waals surface area contributed by atoms with E-state index in [0.29, 0.717) is 33.0 Å². The molecule has 4 aromatic carbocycles. The molecule has 0 bridgehead atoms. The van der Waals surface area contributed by atoms with Gasteiger partial charge in [-0.2, -0.15) is 13.2 Å². The molecule has 0 fully saturated rings. The van der Waals surface area contributed by atoms with Crippen molar-refractivity contribution >= 4 is 16.7 Å². The van der Waals surface area contributed by atoms with Crippen LogP contribution in [0.15, 0.2) is 84.9 Å². The first-order valence-corrected chi connectivity index (χ1v) is 11.2. The fourth-order valence-corrected chi connectivity index (χ4v) is 4.16. The largest absolute Gasteiger partial charge is 0.416 e. The third-order valence-corrected chi connectivity index (χ3v) is 6.08. The number of rotatable bonds is 7. The summed E-state index contributed by atoms with van der Waals surface area (Å²) in [6, 6.07) is 19.0. The average molecular weight is 497 g/mol. The molecule has 2 atom stereocenters. The molecular formula is C28H23F4NO3. The van der Waals surface area contributed by atoms with Crippen molar-refractivity contribution in [3.05, 3.63) is 119 Å². The molecular weight excluding hydrogens is 474 g/mol. The van der Waals surface area contributed by atoms with E-state index in [2.05, 4.69) is 5.32 Å². The van der Waals surface area contributed by atoms with Crippen LogP contribution in [-0.4, -0.2) is 22.2 Å². The van der Waals surface area contributed by atoms with Gasteiger partial charge in [0.05, 0.1) is 24.3 Å². The van der Waals surface area contributed by atoms with Gasteiger partial charge in [0.25, 0.3) is 5.91 Å². The van der Waals surface area contributed by atoms with Crippen molar-refractivity contribution < 1.29 is 32.6 Å². The lowest BCUT2D eigenvalue weighted by Crippen LogP contribution is -2.41. The Morgan fingerprint density at radius 1 is 0.861 bits per heavy atom. The van der Waals surface area contributed by atoms with Gasteiger partial charge in [-0.3, -0.25) is 4.79 Å². The third kappa shape index (κ3) is 5.56. The van der Waals surface area contributed by atoms with Gasteiger partial charge in [-0.05, 0) is 64.2 Å². The molecule has 0 saturated carbocycles. The number of nitrogens with one attached hydrogen (secondary N) is 1. The second-order valence-electron chi connectivity index (χ2n) is 8.45. The second kappa shape index (κ2) is 10.5. The maximum Gasteiger partial charge on any atom is 0.416 e. The molecule has 2 unspecified atom stereocenters. The Balaban J connectivity index is 1.66. The molecule has 0 aliphatic rings. The van der Waals surface area contributed by atoms with Crippen molar-refractivity contribution in [3.63, 3.8) is 0 Å². The van der Waals surface area contributed by atoms with Crippen LogP contribution >= 0.6 is 0 Å². The highest BCUT2D eigenvalue weighted by atomic mass is 19.4. The zero-order valence-corrected chi connectivity index (χ0v) is 19.0. The van der Waals surface area contributed by atoms with E-state index in [1.54, 1.807) is 36.4 Å². The zero-order chi connectivity index (χ0) is 25.9. The Kier molecular flexibility index (Phi) is 7.37. The van der Waals surface area contributed by atoms with Crippen LogP contribution in [-0.2, 0) is 19.2 Å². The maximum atomic E-state index is 13.4. The van der Waals surface area contributed by atoms with Crippen molar-refractivity contribution in [2.45, 2.75) is 31.3 Å². The molecule has 0 spiro atoms. The molecule has 4 aromatic rings.